The number of allylic oxidation sites excluding steroid dienone is 2. The van der Waals surface area contributed by atoms with Crippen LogP contribution in [0, 0.1) is 10.1 Å². The predicted molar refractivity (Wildman–Crippen MR) is 232 cm³/mol. The number of hydrogen-bond donors (Lipinski definition) is 4. The van der Waals surface area contributed by atoms with Gasteiger partial charge in [0.25, 0.3) is 5.69 Å². The number of benzene rings is 5. The number of fused-ring (bicyclic) bond motifs is 2. The Morgan fingerprint density at radius 3 is 1.90 bits per heavy atom. The van der Waals surface area contributed by atoms with E-state index in [-0.39, 0.29) is 116 Å². The summed E-state index contributed by atoms with van der Waals surface area (Å²) in [5, 5.41) is 36.8. The van der Waals surface area contributed by atoms with Crippen molar-refractivity contribution in [1.82, 2.24) is 0 Å². The molecule has 0 fully saturated rings. The Bertz CT molecular complexity index is 3320. The average Bonchev–Trinajstić information content (AvgIpc) is 3.26. The van der Waals surface area contributed by atoms with Gasteiger partial charge in [-0.25, -0.2) is 21.6 Å². The Morgan fingerprint density at radius 2 is 1.34 bits per heavy atom. The number of carbonyl (C=O) groups is 3. The molecular weight excluding hydrogens is 939 g/mol. The molecule has 5 aromatic rings. The van der Waals surface area contributed by atoms with E-state index in [2.05, 4.69) is 31.3 Å². The van der Waals surface area contributed by atoms with Crippen LogP contribution in [0.5, 0.6) is 11.5 Å². The standard InChI is InChI=1S/C41H30N8O14S2.2Na/c1-62-34-16-20(3-11-31(34)44-47-38-25-8-7-24(64(56,57)58)15-22(25)5-14-33(38)50)21-4-12-32(35(17-21)63-2)45-48-39-36(65(59,60)61)19-27-26(40(39)51)9-10-29(42)37(27)46-43-30-13-6-23(49(54)55)18-28(30)41(52)53;;/h3-19,44-45H,42H2,1-2H3,(H,52,53)(H,56,57,58)(H,59,60,61);;/q;2*+1/p-2/b46-43?,47-38-,48-39-;;. The number of nitrogens with two attached hydrogens (primary N) is 1. The Balaban J connectivity index is 0.00000420. The number of nitro groups is 1. The number of carbonyl (C=O) groups excluding carboxylic acids is 2. The third-order valence-electron chi connectivity index (χ3n) is 9.69. The molecule has 0 amide bonds. The number of hydrogen-bond acceptors (Lipinski definition) is 20. The summed E-state index contributed by atoms with van der Waals surface area (Å²) >= 11 is 0. The van der Waals surface area contributed by atoms with Gasteiger partial charge in [0, 0.05) is 28.8 Å². The molecule has 67 heavy (non-hydrogen) atoms. The first kappa shape index (κ1) is 51.5. The van der Waals surface area contributed by atoms with E-state index < -0.39 is 69.5 Å². The summed E-state index contributed by atoms with van der Waals surface area (Å²) in [6, 6.07) is 18.4. The Labute approximate surface area is 423 Å². The fraction of sp³-hybridized carbons (Fsp3) is 0.0488. The van der Waals surface area contributed by atoms with Crippen molar-refractivity contribution < 1.29 is 119 Å². The number of carboxylic acids is 1. The van der Waals surface area contributed by atoms with Crippen LogP contribution in [0.15, 0.2) is 121 Å². The molecule has 0 atom stereocenters. The topological polar surface area (TPSA) is 347 Å². The molecule has 2 aliphatic carbocycles. The third-order valence-corrected chi connectivity index (χ3v) is 11.4. The van der Waals surface area contributed by atoms with Gasteiger partial charge in [0.2, 0.25) is 11.6 Å². The zero-order valence-electron chi connectivity index (χ0n) is 35.2. The summed E-state index contributed by atoms with van der Waals surface area (Å²) in [5.41, 5.74) is 10.4. The number of aromatic carboxylic acids is 1. The summed E-state index contributed by atoms with van der Waals surface area (Å²) in [5.74, 6) is -2.66. The summed E-state index contributed by atoms with van der Waals surface area (Å²) < 4.78 is 83.4. The van der Waals surface area contributed by atoms with E-state index in [0.717, 1.165) is 36.4 Å². The fourth-order valence-corrected chi connectivity index (χ4v) is 7.66. The molecule has 0 saturated heterocycles. The minimum Gasteiger partial charge on any atom is -0.744 e. The van der Waals surface area contributed by atoms with Crippen LogP contribution in [-0.4, -0.2) is 79.1 Å². The number of hydrazone groups is 2. The van der Waals surface area contributed by atoms with E-state index in [4.69, 9.17) is 15.2 Å². The van der Waals surface area contributed by atoms with Crippen molar-refractivity contribution in [3.05, 3.63) is 134 Å². The summed E-state index contributed by atoms with van der Waals surface area (Å²) in [6.45, 7) is 0. The molecule has 0 aromatic heterocycles. The number of azo groups is 1. The number of nitrogens with one attached hydrogen (secondary N) is 2. The third kappa shape index (κ3) is 10.9. The number of nitro benzene ring substituents is 1. The summed E-state index contributed by atoms with van der Waals surface area (Å²) in [4.78, 5) is 47.2. The number of Topliss-reactive ketones (excluding diaryl/α,β-unsaturated/α-hetero) is 1. The molecule has 5 N–H and O–H groups in total. The molecule has 0 spiro atoms. The van der Waals surface area contributed by atoms with E-state index in [1.165, 1.54) is 50.6 Å². The van der Waals surface area contributed by atoms with Gasteiger partial charge in [0.05, 0.1) is 51.6 Å². The maximum atomic E-state index is 13.8. The minimum absolute atomic E-state index is 0. The second kappa shape index (κ2) is 20.6. The van der Waals surface area contributed by atoms with Gasteiger partial charge < -0.3 is 29.4 Å². The van der Waals surface area contributed by atoms with E-state index in [1.54, 1.807) is 30.3 Å². The maximum absolute atomic E-state index is 13.8. The molecule has 0 unspecified atom stereocenters. The van der Waals surface area contributed by atoms with Crippen LogP contribution in [0.3, 0.4) is 0 Å². The molecule has 26 heteroatoms. The first-order valence-corrected chi connectivity index (χ1v) is 21.1. The number of nitrogen functional groups attached to an aromatic ring is 1. The Kier molecular flexibility index (Phi) is 15.8. The molecule has 0 heterocycles. The van der Waals surface area contributed by atoms with Crippen LogP contribution in [0.1, 0.15) is 37.4 Å². The zero-order valence-corrected chi connectivity index (χ0v) is 40.8. The van der Waals surface area contributed by atoms with Crippen LogP contribution >= 0.6 is 0 Å². The molecular formula is C41H28N8Na2O14S2. The molecule has 0 radical (unpaired) electrons. The first-order chi connectivity index (χ1) is 30.8. The van der Waals surface area contributed by atoms with Crippen molar-refractivity contribution in [2.24, 2.45) is 20.4 Å². The monoisotopic (exact) mass is 966 g/mol. The number of ketones is 2. The van der Waals surface area contributed by atoms with Gasteiger partial charge in [0.15, 0.2) is 0 Å². The van der Waals surface area contributed by atoms with Gasteiger partial charge in [-0.3, -0.25) is 30.6 Å². The number of nitrogens with zero attached hydrogens (tertiary/aromatic N) is 5. The second-order valence-electron chi connectivity index (χ2n) is 13.6. The molecule has 7 rings (SSSR count). The van der Waals surface area contributed by atoms with Crippen molar-refractivity contribution >= 4 is 95.5 Å². The smallest absolute Gasteiger partial charge is 0.744 e. The van der Waals surface area contributed by atoms with E-state index in [9.17, 15) is 55.5 Å². The van der Waals surface area contributed by atoms with Gasteiger partial charge in [-0.1, -0.05) is 24.3 Å². The van der Waals surface area contributed by atoms with Crippen molar-refractivity contribution in [3.8, 4) is 22.6 Å². The average molecular weight is 967 g/mol. The normalized spacial score (nSPS) is 14.4. The van der Waals surface area contributed by atoms with Crippen LogP contribution in [0.4, 0.5) is 34.1 Å². The molecule has 330 valence electrons. The van der Waals surface area contributed by atoms with Crippen molar-refractivity contribution in [2.45, 2.75) is 4.90 Å². The molecule has 2 aliphatic rings. The van der Waals surface area contributed by atoms with Crippen LogP contribution in [0.25, 0.3) is 23.3 Å². The maximum Gasteiger partial charge on any atom is 1.00 e. The van der Waals surface area contributed by atoms with E-state index >= 15 is 0 Å². The van der Waals surface area contributed by atoms with Gasteiger partial charge in [-0.2, -0.15) is 10.2 Å². The largest absolute Gasteiger partial charge is 1.00 e. The number of methoxy groups -OCH3 is 2. The molecule has 0 saturated carbocycles. The van der Waals surface area contributed by atoms with Crippen molar-refractivity contribution in [3.63, 3.8) is 0 Å². The second-order valence-corrected chi connectivity index (χ2v) is 16.3. The van der Waals surface area contributed by atoms with Gasteiger partial charge >= 0.3 is 65.1 Å². The molecule has 22 nitrogen and oxygen atoms in total. The summed E-state index contributed by atoms with van der Waals surface area (Å²) in [7, 11) is -7.44. The van der Waals surface area contributed by atoms with Crippen molar-refractivity contribution in [1.29, 1.82) is 0 Å². The quantitative estimate of drug-likeness (QED) is 0.0298. The summed E-state index contributed by atoms with van der Waals surface area (Å²) in [6.07, 6.45) is 3.38. The number of ether oxygens (including phenoxy) is 2. The molecule has 5 aromatic carbocycles. The van der Waals surface area contributed by atoms with Gasteiger partial charge in [-0.15, -0.1) is 10.2 Å². The van der Waals surface area contributed by atoms with Crippen molar-refractivity contribution in [2.75, 3.05) is 30.8 Å². The van der Waals surface area contributed by atoms with Crippen LogP contribution in [0.2, 0.25) is 0 Å². The van der Waals surface area contributed by atoms with Gasteiger partial charge in [-0.05, 0) is 83.4 Å². The molecule has 0 aliphatic heterocycles. The Morgan fingerprint density at radius 1 is 0.746 bits per heavy atom. The first-order valence-electron chi connectivity index (χ1n) is 18.2. The fourth-order valence-electron chi connectivity index (χ4n) is 6.52. The predicted octanol–water partition coefficient (Wildman–Crippen LogP) is -0.150. The van der Waals surface area contributed by atoms with E-state index in [1.807, 2.05) is 0 Å². The van der Waals surface area contributed by atoms with Crippen LogP contribution < -0.4 is 85.2 Å². The van der Waals surface area contributed by atoms with E-state index in [0.29, 0.717) is 22.4 Å². The Hall–Kier alpha value is -6.45. The molecule has 0 bridgehead atoms. The zero-order chi connectivity index (χ0) is 47.0. The SMILES string of the molecule is COc1cc(-c2ccc(N/N=C3\C(=O)c4ccc(N)c(N=Nc5ccc([N+](=O)[O-])cc5C(=O)O)c4C=C3S(=O)(=O)[O-])c(OC)c2)ccc1N/N=C1\C(=O)C=Cc2cc(S(=O)(=O)[O-])ccc21.[Na+].[Na+]. The number of anilines is 3. The van der Waals surface area contributed by atoms with Crippen LogP contribution in [-0.2, 0) is 25.0 Å². The van der Waals surface area contributed by atoms with Gasteiger partial charge in [0.1, 0.15) is 54.5 Å². The minimum atomic E-state index is -5.43. The number of rotatable bonds is 13. The number of non-ortho nitro benzene ring substituents is 1. The number of carboxylic acid groups (broad SMARTS) is 1.